The maximum atomic E-state index is 11.8. The molecule has 2 N–H and O–H groups in total. The number of hydrogen-bond donors (Lipinski definition) is 2. The summed E-state index contributed by atoms with van der Waals surface area (Å²) in [4.78, 5) is 22.4. The van der Waals surface area contributed by atoms with E-state index in [-0.39, 0.29) is 17.3 Å². The smallest absolute Gasteiger partial charge is 0.264 e. The van der Waals surface area contributed by atoms with Gasteiger partial charge in [0.05, 0.1) is 11.0 Å². The Labute approximate surface area is 148 Å². The molecule has 24 heavy (non-hydrogen) atoms. The molecule has 0 saturated heterocycles. The summed E-state index contributed by atoms with van der Waals surface area (Å²) in [6.45, 7) is -0.255. The Morgan fingerprint density at radius 1 is 1.12 bits per heavy atom. The number of halogens is 1. The monoisotopic (exact) mass is 363 g/mol. The van der Waals surface area contributed by atoms with E-state index in [1.165, 1.54) is 24.3 Å². The van der Waals surface area contributed by atoms with Crippen molar-refractivity contribution in [1.29, 1.82) is 0 Å². The van der Waals surface area contributed by atoms with E-state index >= 15 is 0 Å². The summed E-state index contributed by atoms with van der Waals surface area (Å²) in [7, 11) is 0. The molecule has 2 rings (SSSR count). The minimum Gasteiger partial charge on any atom is -0.545 e. The first-order valence-electron chi connectivity index (χ1n) is 6.75. The highest BCUT2D eigenvalue weighted by atomic mass is 35.5. The number of amides is 1. The lowest BCUT2D eigenvalue weighted by molar-refractivity contribution is -0.255. The number of nitrogens with one attached hydrogen (secondary N) is 2. The number of ether oxygens (including phenoxy) is 1. The number of carbonyl (C=O) groups excluding carboxylic acids is 2. The zero-order chi connectivity index (χ0) is 17.5. The number of carbonyl (C=O) groups is 2. The Morgan fingerprint density at radius 2 is 1.79 bits per heavy atom. The highest BCUT2D eigenvalue weighted by Crippen LogP contribution is 2.22. The summed E-state index contributed by atoms with van der Waals surface area (Å²) in [5.74, 6) is -1.33. The molecule has 0 aliphatic rings. The lowest BCUT2D eigenvalue weighted by atomic mass is 10.2. The van der Waals surface area contributed by atoms with E-state index in [0.29, 0.717) is 16.5 Å². The number of aromatic carboxylic acids is 1. The highest BCUT2D eigenvalue weighted by molar-refractivity contribution is 7.80. The van der Waals surface area contributed by atoms with Crippen LogP contribution in [0.4, 0.5) is 5.69 Å². The van der Waals surface area contributed by atoms with Crippen LogP contribution in [-0.2, 0) is 4.79 Å². The van der Waals surface area contributed by atoms with Gasteiger partial charge in [-0.05, 0) is 42.0 Å². The van der Waals surface area contributed by atoms with Crippen molar-refractivity contribution in [3.8, 4) is 5.75 Å². The number of carboxylic acids is 1. The van der Waals surface area contributed by atoms with Gasteiger partial charge in [-0.2, -0.15) is 0 Å². The van der Waals surface area contributed by atoms with Gasteiger partial charge in [0, 0.05) is 5.69 Å². The first-order valence-corrected chi connectivity index (χ1v) is 7.54. The van der Waals surface area contributed by atoms with Crippen LogP contribution in [0.25, 0.3) is 0 Å². The molecule has 0 saturated carbocycles. The normalized spacial score (nSPS) is 9.88. The first kappa shape index (κ1) is 17.7. The van der Waals surface area contributed by atoms with E-state index in [1.54, 1.807) is 24.3 Å². The zero-order valence-corrected chi connectivity index (χ0v) is 13.8. The van der Waals surface area contributed by atoms with Crippen molar-refractivity contribution in [3.05, 3.63) is 59.1 Å². The second kappa shape index (κ2) is 8.28. The Balaban J connectivity index is 1.82. The minimum atomic E-state index is -1.27. The quantitative estimate of drug-likeness (QED) is 0.784. The van der Waals surface area contributed by atoms with E-state index in [1.807, 2.05) is 0 Å². The molecule has 124 valence electrons. The van der Waals surface area contributed by atoms with Crippen LogP contribution in [0.2, 0.25) is 5.02 Å². The largest absolute Gasteiger partial charge is 0.545 e. The standard InChI is InChI=1S/C16H13ClN2O4S/c17-12-3-1-2-4-13(12)23-9-14(20)19-16(24)18-11-7-5-10(6-8-11)15(21)22/h1-8H,9H2,(H,21,22)(H2,18,19,20,24)/p-1. The SMILES string of the molecule is O=C(COc1ccccc1Cl)NC(=S)Nc1ccc(C(=O)[O-])cc1. The lowest BCUT2D eigenvalue weighted by Crippen LogP contribution is -2.37. The van der Waals surface area contributed by atoms with Gasteiger partial charge in [0.25, 0.3) is 5.91 Å². The van der Waals surface area contributed by atoms with Gasteiger partial charge in [-0.3, -0.25) is 10.1 Å². The van der Waals surface area contributed by atoms with Crippen LogP contribution >= 0.6 is 23.8 Å². The molecule has 0 atom stereocenters. The zero-order valence-electron chi connectivity index (χ0n) is 12.2. The van der Waals surface area contributed by atoms with Crippen LogP contribution in [0.5, 0.6) is 5.75 Å². The Morgan fingerprint density at radius 3 is 2.42 bits per heavy atom. The van der Waals surface area contributed by atoms with Crippen molar-refractivity contribution < 1.29 is 19.4 Å². The van der Waals surface area contributed by atoms with Crippen molar-refractivity contribution in [2.75, 3.05) is 11.9 Å². The maximum Gasteiger partial charge on any atom is 0.264 e. The lowest BCUT2D eigenvalue weighted by Gasteiger charge is -2.11. The van der Waals surface area contributed by atoms with Crippen molar-refractivity contribution in [1.82, 2.24) is 5.32 Å². The molecule has 0 radical (unpaired) electrons. The van der Waals surface area contributed by atoms with Crippen molar-refractivity contribution in [2.24, 2.45) is 0 Å². The van der Waals surface area contributed by atoms with E-state index in [0.717, 1.165) is 0 Å². The summed E-state index contributed by atoms with van der Waals surface area (Å²) < 4.78 is 5.29. The number of benzene rings is 2. The molecule has 8 heteroatoms. The number of carboxylic acid groups (broad SMARTS) is 1. The van der Waals surface area contributed by atoms with Gasteiger partial charge in [0.15, 0.2) is 11.7 Å². The van der Waals surface area contributed by atoms with Gasteiger partial charge in [0.1, 0.15) is 5.75 Å². The van der Waals surface area contributed by atoms with Gasteiger partial charge in [-0.15, -0.1) is 0 Å². The van der Waals surface area contributed by atoms with Crippen LogP contribution in [-0.4, -0.2) is 23.6 Å². The first-order chi connectivity index (χ1) is 11.5. The van der Waals surface area contributed by atoms with Gasteiger partial charge >= 0.3 is 0 Å². The number of hydrogen-bond acceptors (Lipinski definition) is 5. The predicted molar refractivity (Wildman–Crippen MR) is 92.1 cm³/mol. The van der Waals surface area contributed by atoms with Gasteiger partial charge in [-0.25, -0.2) is 0 Å². The van der Waals surface area contributed by atoms with E-state index < -0.39 is 11.9 Å². The third kappa shape index (κ3) is 5.22. The summed E-state index contributed by atoms with van der Waals surface area (Å²) in [6, 6.07) is 12.5. The van der Waals surface area contributed by atoms with Crippen LogP contribution in [0, 0.1) is 0 Å². The molecule has 0 unspecified atom stereocenters. The van der Waals surface area contributed by atoms with Crippen molar-refractivity contribution >= 4 is 46.5 Å². The van der Waals surface area contributed by atoms with Crippen LogP contribution in [0.3, 0.4) is 0 Å². The fourth-order valence-corrected chi connectivity index (χ4v) is 2.14. The van der Waals surface area contributed by atoms with E-state index in [2.05, 4.69) is 10.6 Å². The Kier molecular flexibility index (Phi) is 6.11. The molecule has 2 aromatic rings. The number of anilines is 1. The van der Waals surface area contributed by atoms with Gasteiger partial charge in [0.2, 0.25) is 0 Å². The second-order valence-corrected chi connectivity index (χ2v) is 5.40. The molecule has 1 amide bonds. The minimum absolute atomic E-state index is 0.0450. The van der Waals surface area contributed by atoms with E-state index in [9.17, 15) is 14.7 Å². The maximum absolute atomic E-state index is 11.8. The molecule has 0 aromatic heterocycles. The van der Waals surface area contributed by atoms with Crippen LogP contribution in [0.15, 0.2) is 48.5 Å². The third-order valence-corrected chi connectivity index (χ3v) is 3.34. The molecule has 2 aromatic carbocycles. The molecule has 0 heterocycles. The number of thiocarbonyl (C=S) groups is 1. The summed E-state index contributed by atoms with van der Waals surface area (Å²) in [5.41, 5.74) is 0.570. The molecule has 6 nitrogen and oxygen atoms in total. The van der Waals surface area contributed by atoms with Gasteiger partial charge in [-0.1, -0.05) is 35.9 Å². The highest BCUT2D eigenvalue weighted by Gasteiger charge is 2.07. The van der Waals surface area contributed by atoms with Crippen LogP contribution in [0.1, 0.15) is 10.4 Å². The van der Waals surface area contributed by atoms with Gasteiger partial charge < -0.3 is 20.0 Å². The average Bonchev–Trinajstić information content (AvgIpc) is 2.54. The number of rotatable bonds is 5. The van der Waals surface area contributed by atoms with Crippen molar-refractivity contribution in [3.63, 3.8) is 0 Å². The summed E-state index contributed by atoms with van der Waals surface area (Å²) >= 11 is 10.9. The second-order valence-electron chi connectivity index (χ2n) is 4.59. The fourth-order valence-electron chi connectivity index (χ4n) is 1.72. The topological polar surface area (TPSA) is 90.5 Å². The molecular weight excluding hydrogens is 352 g/mol. The Hall–Kier alpha value is -2.64. The molecule has 0 bridgehead atoms. The molecule has 0 aliphatic heterocycles. The molecule has 0 aliphatic carbocycles. The molecule has 0 fully saturated rings. The third-order valence-electron chi connectivity index (χ3n) is 2.83. The molecular formula is C16H12ClN2O4S-. The van der Waals surface area contributed by atoms with Crippen LogP contribution < -0.4 is 20.5 Å². The fraction of sp³-hybridized carbons (Fsp3) is 0.0625. The predicted octanol–water partition coefficient (Wildman–Crippen LogP) is 1.60. The average molecular weight is 364 g/mol. The van der Waals surface area contributed by atoms with Crippen molar-refractivity contribution in [2.45, 2.75) is 0 Å². The molecule has 0 spiro atoms. The van der Waals surface area contributed by atoms with E-state index in [4.69, 9.17) is 28.6 Å². The summed E-state index contributed by atoms with van der Waals surface area (Å²) in [6.07, 6.45) is 0. The Bertz CT molecular complexity index is 765. The summed E-state index contributed by atoms with van der Waals surface area (Å²) in [5, 5.41) is 16.3. The number of para-hydroxylation sites is 1.